The van der Waals surface area contributed by atoms with E-state index in [4.69, 9.17) is 16.3 Å². The summed E-state index contributed by atoms with van der Waals surface area (Å²) in [6.45, 7) is 2.03. The zero-order chi connectivity index (χ0) is 22.8. The molecule has 2 heterocycles. The van der Waals surface area contributed by atoms with Crippen LogP contribution in [0.15, 0.2) is 78.6 Å². The smallest absolute Gasteiger partial charge is 0.294 e. The van der Waals surface area contributed by atoms with Crippen molar-refractivity contribution < 1.29 is 14.3 Å². The molecule has 0 spiro atoms. The van der Waals surface area contributed by atoms with Crippen molar-refractivity contribution in [1.82, 2.24) is 4.90 Å². The van der Waals surface area contributed by atoms with E-state index in [0.717, 1.165) is 42.7 Å². The Hall–Kier alpha value is -3.57. The van der Waals surface area contributed by atoms with Gasteiger partial charge in [-0.05, 0) is 66.4 Å². The van der Waals surface area contributed by atoms with E-state index in [1.807, 2.05) is 65.6 Å². The number of anilines is 1. The molecule has 0 bridgehead atoms. The van der Waals surface area contributed by atoms with E-state index in [2.05, 4.69) is 0 Å². The van der Waals surface area contributed by atoms with E-state index in [0.29, 0.717) is 22.9 Å². The molecule has 2 aliphatic heterocycles. The van der Waals surface area contributed by atoms with E-state index in [1.54, 1.807) is 23.1 Å². The number of benzene rings is 3. The Bertz CT molecular complexity index is 1210. The van der Waals surface area contributed by atoms with Crippen LogP contribution in [-0.4, -0.2) is 29.8 Å². The highest BCUT2D eigenvalue weighted by Crippen LogP contribution is 2.36. The molecule has 0 N–H and O–H groups in total. The molecule has 3 aromatic carbocycles. The second-order valence-corrected chi connectivity index (χ2v) is 8.65. The van der Waals surface area contributed by atoms with Crippen molar-refractivity contribution in [2.75, 3.05) is 18.0 Å². The maximum Gasteiger partial charge on any atom is 0.294 e. The van der Waals surface area contributed by atoms with Crippen molar-refractivity contribution in [3.8, 4) is 5.75 Å². The molecule has 1 saturated heterocycles. The summed E-state index contributed by atoms with van der Waals surface area (Å²) in [5.74, 6) is 0.695. The Balaban J connectivity index is 1.41. The third-order valence-corrected chi connectivity index (χ3v) is 6.19. The standard InChI is InChI=1S/C27H23ClN2O3/c28-22-13-9-20(10-14-22)18-30-23-5-1-2-6-24(23)33-25(27(30)32)17-19-7-11-21(12-8-19)26(31)29-15-3-4-16-29/h1-2,5-14,17H,3-4,15-16,18H2. The van der Waals surface area contributed by atoms with Gasteiger partial charge in [0.25, 0.3) is 11.8 Å². The Morgan fingerprint density at radius 2 is 1.64 bits per heavy atom. The molecule has 2 amide bonds. The summed E-state index contributed by atoms with van der Waals surface area (Å²) in [5.41, 5.74) is 3.14. The first-order valence-corrected chi connectivity index (χ1v) is 11.4. The first-order valence-electron chi connectivity index (χ1n) is 11.0. The van der Waals surface area contributed by atoms with Crippen LogP contribution in [-0.2, 0) is 11.3 Å². The van der Waals surface area contributed by atoms with Gasteiger partial charge in [-0.2, -0.15) is 0 Å². The quantitative estimate of drug-likeness (QED) is 0.482. The number of para-hydroxylation sites is 2. The van der Waals surface area contributed by atoms with Crippen molar-refractivity contribution in [2.45, 2.75) is 19.4 Å². The van der Waals surface area contributed by atoms with Crippen LogP contribution in [0.1, 0.15) is 34.3 Å². The molecule has 5 nitrogen and oxygen atoms in total. The average molecular weight is 459 g/mol. The van der Waals surface area contributed by atoms with Gasteiger partial charge < -0.3 is 9.64 Å². The van der Waals surface area contributed by atoms with Crippen molar-refractivity contribution in [2.24, 2.45) is 0 Å². The lowest BCUT2D eigenvalue weighted by molar-refractivity contribution is -0.117. The monoisotopic (exact) mass is 458 g/mol. The van der Waals surface area contributed by atoms with Crippen molar-refractivity contribution in [1.29, 1.82) is 0 Å². The molecule has 5 rings (SSSR count). The summed E-state index contributed by atoms with van der Waals surface area (Å²) in [4.78, 5) is 29.5. The number of amides is 2. The number of rotatable bonds is 4. The van der Waals surface area contributed by atoms with Crippen LogP contribution in [0.2, 0.25) is 5.02 Å². The van der Waals surface area contributed by atoms with Gasteiger partial charge in [-0.15, -0.1) is 0 Å². The van der Waals surface area contributed by atoms with Crippen LogP contribution in [0.3, 0.4) is 0 Å². The van der Waals surface area contributed by atoms with Gasteiger partial charge in [0, 0.05) is 23.7 Å². The van der Waals surface area contributed by atoms with E-state index >= 15 is 0 Å². The lowest BCUT2D eigenvalue weighted by Gasteiger charge is -2.30. The number of carbonyl (C=O) groups excluding carboxylic acids is 2. The number of hydrogen-bond donors (Lipinski definition) is 0. The van der Waals surface area contributed by atoms with Gasteiger partial charge in [-0.3, -0.25) is 14.5 Å². The van der Waals surface area contributed by atoms with Crippen LogP contribution in [0.25, 0.3) is 6.08 Å². The summed E-state index contributed by atoms with van der Waals surface area (Å²) in [6.07, 6.45) is 3.84. The Morgan fingerprint density at radius 3 is 2.36 bits per heavy atom. The molecule has 0 aliphatic carbocycles. The molecule has 1 fully saturated rings. The Kier molecular flexibility index (Phi) is 5.88. The second-order valence-electron chi connectivity index (χ2n) is 8.22. The molecule has 3 aromatic rings. The summed E-state index contributed by atoms with van der Waals surface area (Å²) >= 11 is 6.01. The number of likely N-dealkylation sites (tertiary alicyclic amines) is 1. The molecule has 0 saturated carbocycles. The number of fused-ring (bicyclic) bond motifs is 1. The minimum Gasteiger partial charge on any atom is -0.449 e. The second kappa shape index (κ2) is 9.12. The average Bonchev–Trinajstić information content (AvgIpc) is 3.38. The van der Waals surface area contributed by atoms with Gasteiger partial charge in [0.15, 0.2) is 11.5 Å². The third-order valence-electron chi connectivity index (χ3n) is 5.93. The van der Waals surface area contributed by atoms with Gasteiger partial charge >= 0.3 is 0 Å². The Labute approximate surface area is 197 Å². The number of nitrogens with zero attached hydrogens (tertiary/aromatic N) is 2. The van der Waals surface area contributed by atoms with Crippen molar-refractivity contribution >= 4 is 35.2 Å². The number of halogens is 1. The molecule has 0 atom stereocenters. The minimum atomic E-state index is -0.221. The lowest BCUT2D eigenvalue weighted by atomic mass is 10.1. The van der Waals surface area contributed by atoms with Crippen LogP contribution in [0.5, 0.6) is 5.75 Å². The van der Waals surface area contributed by atoms with Gasteiger partial charge in [-0.25, -0.2) is 0 Å². The fourth-order valence-electron chi connectivity index (χ4n) is 4.17. The van der Waals surface area contributed by atoms with E-state index in [9.17, 15) is 9.59 Å². The normalized spacial score (nSPS) is 16.6. The predicted octanol–water partition coefficient (Wildman–Crippen LogP) is 5.54. The van der Waals surface area contributed by atoms with Gasteiger partial charge in [-0.1, -0.05) is 48.0 Å². The van der Waals surface area contributed by atoms with E-state index < -0.39 is 0 Å². The van der Waals surface area contributed by atoms with Gasteiger partial charge in [0.2, 0.25) is 0 Å². The maximum absolute atomic E-state index is 13.4. The summed E-state index contributed by atoms with van der Waals surface area (Å²) < 4.78 is 5.97. The first-order chi connectivity index (χ1) is 16.1. The van der Waals surface area contributed by atoms with Gasteiger partial charge in [0.1, 0.15) is 0 Å². The fraction of sp³-hybridized carbons (Fsp3) is 0.185. The van der Waals surface area contributed by atoms with Gasteiger partial charge in [0.05, 0.1) is 12.2 Å². The highest BCUT2D eigenvalue weighted by molar-refractivity contribution is 6.30. The molecule has 0 radical (unpaired) electrons. The van der Waals surface area contributed by atoms with Crippen molar-refractivity contribution in [3.63, 3.8) is 0 Å². The Morgan fingerprint density at radius 1 is 0.939 bits per heavy atom. The molecule has 2 aliphatic rings. The number of hydrogen-bond acceptors (Lipinski definition) is 3. The summed E-state index contributed by atoms with van der Waals surface area (Å²) in [6, 6.07) is 22.2. The maximum atomic E-state index is 13.4. The highest BCUT2D eigenvalue weighted by Gasteiger charge is 2.30. The molecule has 33 heavy (non-hydrogen) atoms. The van der Waals surface area contributed by atoms with Crippen LogP contribution in [0, 0.1) is 0 Å². The van der Waals surface area contributed by atoms with E-state index in [-0.39, 0.29) is 17.6 Å². The lowest BCUT2D eigenvalue weighted by Crippen LogP contribution is -2.36. The zero-order valence-electron chi connectivity index (χ0n) is 18.0. The van der Waals surface area contributed by atoms with Crippen LogP contribution in [0.4, 0.5) is 5.69 Å². The third kappa shape index (κ3) is 4.50. The van der Waals surface area contributed by atoms with Crippen molar-refractivity contribution in [3.05, 3.63) is 100 Å². The summed E-state index contributed by atoms with van der Waals surface area (Å²) in [7, 11) is 0. The largest absolute Gasteiger partial charge is 0.449 e. The zero-order valence-corrected chi connectivity index (χ0v) is 18.8. The highest BCUT2D eigenvalue weighted by atomic mass is 35.5. The molecular formula is C27H23ClN2O3. The molecule has 6 heteroatoms. The van der Waals surface area contributed by atoms with Crippen LogP contribution >= 0.6 is 11.6 Å². The number of carbonyl (C=O) groups is 2. The topological polar surface area (TPSA) is 49.9 Å². The first kappa shape index (κ1) is 21.3. The minimum absolute atomic E-state index is 0.0553. The molecular weight excluding hydrogens is 436 g/mol. The molecule has 166 valence electrons. The SMILES string of the molecule is O=C(c1ccc(C=C2Oc3ccccc3N(Cc3ccc(Cl)cc3)C2=O)cc1)N1CCCC1. The van der Waals surface area contributed by atoms with Crippen LogP contribution < -0.4 is 9.64 Å². The predicted molar refractivity (Wildman–Crippen MR) is 129 cm³/mol. The molecule has 0 unspecified atom stereocenters. The number of ether oxygens (including phenoxy) is 1. The molecule has 0 aromatic heterocycles. The fourth-order valence-corrected chi connectivity index (χ4v) is 4.29. The summed E-state index contributed by atoms with van der Waals surface area (Å²) in [5, 5.41) is 0.652. The van der Waals surface area contributed by atoms with E-state index in [1.165, 1.54) is 0 Å².